The first kappa shape index (κ1) is 9.59. The Labute approximate surface area is 61.2 Å². The number of Topliss-reactive ketones (excluding diaryl/α,β-unsaturated/α-hetero) is 1. The average Bonchev–Trinajstić information content (AvgIpc) is 1.87. The Morgan fingerprint density at radius 2 is 2.20 bits per heavy atom. The first-order valence-electron chi connectivity index (χ1n) is 3.56. The molecule has 0 saturated heterocycles. The highest BCUT2D eigenvalue weighted by molar-refractivity contribution is 5.84. The molecule has 60 valence electrons. The van der Waals surface area contributed by atoms with Gasteiger partial charge >= 0.3 is 0 Å². The molecule has 0 aromatic carbocycles. The predicted molar refractivity (Wildman–Crippen MR) is 39.6 cm³/mol. The summed E-state index contributed by atoms with van der Waals surface area (Å²) in [7, 11) is 0. The minimum absolute atomic E-state index is 0.0579. The molecule has 10 heavy (non-hydrogen) atoms. The van der Waals surface area contributed by atoms with E-state index in [0.29, 0.717) is 6.42 Å². The zero-order valence-corrected chi connectivity index (χ0v) is 6.50. The first-order valence-corrected chi connectivity index (χ1v) is 3.56. The largest absolute Gasteiger partial charge is 0.391 e. The van der Waals surface area contributed by atoms with Crippen molar-refractivity contribution in [1.82, 2.24) is 0 Å². The quantitative estimate of drug-likeness (QED) is 0.588. The monoisotopic (exact) mass is 145 g/mol. The highest BCUT2D eigenvalue weighted by Crippen LogP contribution is 1.97. The van der Waals surface area contributed by atoms with Gasteiger partial charge in [-0.1, -0.05) is 6.92 Å². The van der Waals surface area contributed by atoms with Crippen LogP contribution in [0.25, 0.3) is 0 Å². The number of ketones is 1. The number of hydrogen-bond acceptors (Lipinski definition) is 3. The molecule has 0 fully saturated rings. The fourth-order valence-electron chi connectivity index (χ4n) is 0.682. The average molecular weight is 145 g/mol. The van der Waals surface area contributed by atoms with Gasteiger partial charge in [0.05, 0.1) is 12.1 Å². The summed E-state index contributed by atoms with van der Waals surface area (Å²) in [4.78, 5) is 10.9. The molecular formula is C7H15NO2. The molecule has 0 aliphatic rings. The van der Waals surface area contributed by atoms with Crippen molar-refractivity contribution in [3.8, 4) is 0 Å². The smallest absolute Gasteiger partial charge is 0.152 e. The van der Waals surface area contributed by atoms with Gasteiger partial charge in [-0.15, -0.1) is 0 Å². The number of hydrogen-bond donors (Lipinski definition) is 2. The molecular weight excluding hydrogens is 130 g/mol. The minimum Gasteiger partial charge on any atom is -0.391 e. The van der Waals surface area contributed by atoms with Crippen LogP contribution in [0.15, 0.2) is 0 Å². The van der Waals surface area contributed by atoms with Crippen LogP contribution in [0.1, 0.15) is 26.7 Å². The zero-order chi connectivity index (χ0) is 8.15. The van der Waals surface area contributed by atoms with Crippen molar-refractivity contribution in [3.05, 3.63) is 0 Å². The lowest BCUT2D eigenvalue weighted by molar-refractivity contribution is -0.122. The lowest BCUT2D eigenvalue weighted by Crippen LogP contribution is -2.39. The number of aliphatic hydroxyl groups excluding tert-OH is 1. The van der Waals surface area contributed by atoms with Gasteiger partial charge < -0.3 is 10.8 Å². The molecule has 0 aromatic heterocycles. The normalized spacial score (nSPS) is 16.4. The Kier molecular flexibility index (Phi) is 4.23. The van der Waals surface area contributed by atoms with Gasteiger partial charge in [0.15, 0.2) is 5.78 Å². The summed E-state index contributed by atoms with van der Waals surface area (Å²) in [5.74, 6) is -0.0579. The molecule has 2 atom stereocenters. The van der Waals surface area contributed by atoms with Crippen LogP contribution in [0.5, 0.6) is 0 Å². The molecule has 0 rings (SSSR count). The van der Waals surface area contributed by atoms with E-state index in [0.717, 1.165) is 6.42 Å². The first-order chi connectivity index (χ1) is 4.59. The standard InChI is InChI=1S/C7H15NO2/c1-3-4-6(10)7(8)5(2)9/h5,7,9H,3-4,8H2,1-2H3. The molecule has 3 N–H and O–H groups in total. The third-order valence-electron chi connectivity index (χ3n) is 1.39. The van der Waals surface area contributed by atoms with Crippen molar-refractivity contribution in [2.24, 2.45) is 5.73 Å². The van der Waals surface area contributed by atoms with Crippen LogP contribution in [0, 0.1) is 0 Å². The predicted octanol–water partition coefficient (Wildman–Crippen LogP) is 0.0637. The molecule has 0 aliphatic heterocycles. The van der Waals surface area contributed by atoms with Crippen LogP contribution in [-0.4, -0.2) is 23.0 Å². The number of aliphatic hydroxyl groups is 1. The van der Waals surface area contributed by atoms with E-state index in [4.69, 9.17) is 10.8 Å². The summed E-state index contributed by atoms with van der Waals surface area (Å²) in [5.41, 5.74) is 5.35. The van der Waals surface area contributed by atoms with Gasteiger partial charge in [0.25, 0.3) is 0 Å². The second kappa shape index (κ2) is 4.41. The van der Waals surface area contributed by atoms with E-state index in [-0.39, 0.29) is 5.78 Å². The van der Waals surface area contributed by atoms with Crippen molar-refractivity contribution in [3.63, 3.8) is 0 Å². The summed E-state index contributed by atoms with van der Waals surface area (Å²) in [6.45, 7) is 3.44. The lowest BCUT2D eigenvalue weighted by atomic mass is 10.1. The zero-order valence-electron chi connectivity index (χ0n) is 6.50. The van der Waals surface area contributed by atoms with Crippen molar-refractivity contribution in [1.29, 1.82) is 0 Å². The van der Waals surface area contributed by atoms with Gasteiger partial charge in [-0.3, -0.25) is 4.79 Å². The highest BCUT2D eigenvalue weighted by atomic mass is 16.3. The van der Waals surface area contributed by atoms with E-state index in [1.165, 1.54) is 6.92 Å². The maximum absolute atomic E-state index is 10.9. The Balaban J connectivity index is 3.71. The fraction of sp³-hybridized carbons (Fsp3) is 0.857. The summed E-state index contributed by atoms with van der Waals surface area (Å²) < 4.78 is 0. The van der Waals surface area contributed by atoms with Crippen LogP contribution < -0.4 is 5.73 Å². The Bertz CT molecular complexity index is 112. The summed E-state index contributed by atoms with van der Waals surface area (Å²) in [6, 6.07) is -0.694. The molecule has 0 heterocycles. The maximum atomic E-state index is 10.9. The molecule has 0 saturated carbocycles. The van der Waals surface area contributed by atoms with Gasteiger partial charge in [0.1, 0.15) is 0 Å². The molecule has 0 bridgehead atoms. The molecule has 0 aliphatic carbocycles. The second-order valence-corrected chi connectivity index (χ2v) is 2.48. The SMILES string of the molecule is CCCC(=O)C(N)C(C)O. The van der Waals surface area contributed by atoms with Crippen LogP contribution in [0.3, 0.4) is 0 Å². The third-order valence-corrected chi connectivity index (χ3v) is 1.39. The van der Waals surface area contributed by atoms with E-state index >= 15 is 0 Å². The fourth-order valence-corrected chi connectivity index (χ4v) is 0.682. The number of nitrogens with two attached hydrogens (primary N) is 1. The summed E-state index contributed by atoms with van der Waals surface area (Å²) >= 11 is 0. The van der Waals surface area contributed by atoms with E-state index in [9.17, 15) is 4.79 Å². The van der Waals surface area contributed by atoms with Gasteiger partial charge in [-0.25, -0.2) is 0 Å². The summed E-state index contributed by atoms with van der Waals surface area (Å²) in [6.07, 6.45) is 0.532. The van der Waals surface area contributed by atoms with Crippen LogP contribution in [0.4, 0.5) is 0 Å². The highest BCUT2D eigenvalue weighted by Gasteiger charge is 2.16. The van der Waals surface area contributed by atoms with Crippen molar-refractivity contribution in [2.75, 3.05) is 0 Å². The molecule has 3 nitrogen and oxygen atoms in total. The molecule has 0 spiro atoms. The van der Waals surface area contributed by atoms with Gasteiger partial charge in [0.2, 0.25) is 0 Å². The topological polar surface area (TPSA) is 63.3 Å². The Hall–Kier alpha value is -0.410. The van der Waals surface area contributed by atoms with E-state index in [2.05, 4.69) is 0 Å². The van der Waals surface area contributed by atoms with Crippen LogP contribution in [-0.2, 0) is 4.79 Å². The Morgan fingerprint density at radius 1 is 1.70 bits per heavy atom. The molecule has 3 heteroatoms. The van der Waals surface area contributed by atoms with Gasteiger partial charge in [-0.2, -0.15) is 0 Å². The summed E-state index contributed by atoms with van der Waals surface area (Å²) in [5, 5.41) is 8.87. The van der Waals surface area contributed by atoms with E-state index in [1.807, 2.05) is 6.92 Å². The number of carbonyl (C=O) groups is 1. The van der Waals surface area contributed by atoms with Crippen LogP contribution in [0.2, 0.25) is 0 Å². The van der Waals surface area contributed by atoms with Gasteiger partial charge in [0, 0.05) is 6.42 Å². The van der Waals surface area contributed by atoms with Gasteiger partial charge in [-0.05, 0) is 13.3 Å². The molecule has 0 amide bonds. The molecule has 2 unspecified atom stereocenters. The van der Waals surface area contributed by atoms with Crippen molar-refractivity contribution < 1.29 is 9.90 Å². The maximum Gasteiger partial charge on any atom is 0.152 e. The van der Waals surface area contributed by atoms with E-state index < -0.39 is 12.1 Å². The minimum atomic E-state index is -0.723. The lowest BCUT2D eigenvalue weighted by Gasteiger charge is -2.11. The Morgan fingerprint density at radius 3 is 2.50 bits per heavy atom. The second-order valence-electron chi connectivity index (χ2n) is 2.48. The van der Waals surface area contributed by atoms with E-state index in [1.54, 1.807) is 0 Å². The van der Waals surface area contributed by atoms with Crippen molar-refractivity contribution >= 4 is 5.78 Å². The van der Waals surface area contributed by atoms with Crippen molar-refractivity contribution in [2.45, 2.75) is 38.8 Å². The van der Waals surface area contributed by atoms with Crippen LogP contribution >= 0.6 is 0 Å². The molecule has 0 radical (unpaired) electrons. The number of rotatable bonds is 4. The third kappa shape index (κ3) is 2.94. The number of carbonyl (C=O) groups excluding carboxylic acids is 1. The molecule has 0 aromatic rings.